The molecule has 0 spiro atoms. The molecule has 0 aliphatic heterocycles. The second-order valence-corrected chi connectivity index (χ2v) is 4.27. The lowest BCUT2D eigenvalue weighted by atomic mass is 10.1. The number of hydrogen-bond donors (Lipinski definition) is 3. The van der Waals surface area contributed by atoms with Crippen LogP contribution in [0.15, 0.2) is 59.8 Å². The third kappa shape index (κ3) is 3.82. The SMILES string of the molecule is NC(=NO)c1ccc(CNCc2ccccc2)cc1. The number of hydrogen-bond acceptors (Lipinski definition) is 3. The molecule has 2 aromatic rings. The summed E-state index contributed by atoms with van der Waals surface area (Å²) in [5.74, 6) is 0.129. The van der Waals surface area contributed by atoms with Crippen LogP contribution >= 0.6 is 0 Å². The fourth-order valence-electron chi connectivity index (χ4n) is 1.80. The first-order valence-electron chi connectivity index (χ1n) is 6.11. The summed E-state index contributed by atoms with van der Waals surface area (Å²) in [5.41, 5.74) is 8.64. The maximum absolute atomic E-state index is 8.58. The summed E-state index contributed by atoms with van der Waals surface area (Å²) in [7, 11) is 0. The smallest absolute Gasteiger partial charge is 0.170 e. The number of nitrogens with one attached hydrogen (secondary N) is 1. The third-order valence-electron chi connectivity index (χ3n) is 2.86. The zero-order valence-electron chi connectivity index (χ0n) is 10.6. The van der Waals surface area contributed by atoms with Gasteiger partial charge in [0.05, 0.1) is 0 Å². The normalized spacial score (nSPS) is 11.5. The molecular formula is C15H17N3O. The van der Waals surface area contributed by atoms with Gasteiger partial charge in [-0.25, -0.2) is 0 Å². The Morgan fingerprint density at radius 2 is 1.53 bits per heavy atom. The van der Waals surface area contributed by atoms with Crippen molar-refractivity contribution >= 4 is 5.84 Å². The molecule has 0 aliphatic rings. The molecule has 0 heterocycles. The summed E-state index contributed by atoms with van der Waals surface area (Å²) in [5, 5.41) is 14.9. The predicted octanol–water partition coefficient (Wildman–Crippen LogP) is 2.07. The van der Waals surface area contributed by atoms with Gasteiger partial charge in [0.2, 0.25) is 0 Å². The first-order chi connectivity index (χ1) is 9.29. The Hall–Kier alpha value is -2.33. The van der Waals surface area contributed by atoms with Crippen LogP contribution in [0.25, 0.3) is 0 Å². The fourth-order valence-corrected chi connectivity index (χ4v) is 1.80. The van der Waals surface area contributed by atoms with E-state index < -0.39 is 0 Å². The Balaban J connectivity index is 1.87. The van der Waals surface area contributed by atoms with Crippen LogP contribution in [0, 0.1) is 0 Å². The van der Waals surface area contributed by atoms with Crippen molar-refractivity contribution < 1.29 is 5.21 Å². The summed E-state index contributed by atoms with van der Waals surface area (Å²) in [6.45, 7) is 1.62. The molecule has 0 saturated heterocycles. The number of rotatable bonds is 5. The molecular weight excluding hydrogens is 238 g/mol. The Morgan fingerprint density at radius 1 is 0.947 bits per heavy atom. The summed E-state index contributed by atoms with van der Waals surface area (Å²) >= 11 is 0. The van der Waals surface area contributed by atoms with Gasteiger partial charge in [0.25, 0.3) is 0 Å². The standard InChI is InChI=1S/C15H17N3O/c16-15(18-19)14-8-6-13(7-9-14)11-17-10-12-4-2-1-3-5-12/h1-9,17,19H,10-11H2,(H2,16,18). The van der Waals surface area contributed by atoms with Gasteiger partial charge in [-0.3, -0.25) is 0 Å². The number of benzene rings is 2. The molecule has 4 N–H and O–H groups in total. The highest BCUT2D eigenvalue weighted by Gasteiger charge is 1.99. The monoisotopic (exact) mass is 255 g/mol. The average Bonchev–Trinajstić information content (AvgIpc) is 2.48. The van der Waals surface area contributed by atoms with Crippen LogP contribution in [-0.2, 0) is 13.1 Å². The lowest BCUT2D eigenvalue weighted by molar-refractivity contribution is 0.318. The highest BCUT2D eigenvalue weighted by molar-refractivity contribution is 5.96. The van der Waals surface area contributed by atoms with E-state index in [-0.39, 0.29) is 5.84 Å². The molecule has 0 fully saturated rings. The first kappa shape index (κ1) is 13.1. The quantitative estimate of drug-likeness (QED) is 0.331. The second kappa shape index (κ2) is 6.56. The molecule has 0 aliphatic carbocycles. The van der Waals surface area contributed by atoms with Gasteiger partial charge in [-0.2, -0.15) is 0 Å². The molecule has 0 radical (unpaired) electrons. The van der Waals surface area contributed by atoms with Crippen molar-refractivity contribution in [1.82, 2.24) is 5.32 Å². The van der Waals surface area contributed by atoms with Crippen LogP contribution in [0.4, 0.5) is 0 Å². The van der Waals surface area contributed by atoms with Gasteiger partial charge in [-0.15, -0.1) is 0 Å². The highest BCUT2D eigenvalue weighted by atomic mass is 16.4. The van der Waals surface area contributed by atoms with Crippen LogP contribution in [0.3, 0.4) is 0 Å². The van der Waals surface area contributed by atoms with Crippen LogP contribution < -0.4 is 11.1 Å². The highest BCUT2D eigenvalue weighted by Crippen LogP contribution is 2.05. The molecule has 0 bridgehead atoms. The maximum Gasteiger partial charge on any atom is 0.170 e. The van der Waals surface area contributed by atoms with E-state index in [0.717, 1.165) is 18.7 Å². The van der Waals surface area contributed by atoms with Crippen molar-refractivity contribution in [2.75, 3.05) is 0 Å². The van der Waals surface area contributed by atoms with Crippen molar-refractivity contribution in [2.45, 2.75) is 13.1 Å². The second-order valence-electron chi connectivity index (χ2n) is 4.27. The third-order valence-corrected chi connectivity index (χ3v) is 2.86. The van der Waals surface area contributed by atoms with E-state index in [4.69, 9.17) is 10.9 Å². The van der Waals surface area contributed by atoms with Crippen molar-refractivity contribution in [3.63, 3.8) is 0 Å². The van der Waals surface area contributed by atoms with E-state index in [0.29, 0.717) is 5.56 Å². The number of amidine groups is 1. The van der Waals surface area contributed by atoms with Crippen molar-refractivity contribution in [3.05, 3.63) is 71.3 Å². The van der Waals surface area contributed by atoms with E-state index in [9.17, 15) is 0 Å². The number of oxime groups is 1. The van der Waals surface area contributed by atoms with Gasteiger partial charge in [0.15, 0.2) is 5.84 Å². The zero-order valence-corrected chi connectivity index (χ0v) is 10.6. The summed E-state index contributed by atoms with van der Waals surface area (Å²) in [6, 6.07) is 17.9. The zero-order chi connectivity index (χ0) is 13.5. The minimum Gasteiger partial charge on any atom is -0.409 e. The lowest BCUT2D eigenvalue weighted by Gasteiger charge is -2.06. The van der Waals surface area contributed by atoms with Crippen molar-refractivity contribution in [1.29, 1.82) is 0 Å². The van der Waals surface area contributed by atoms with E-state index in [1.54, 1.807) is 0 Å². The van der Waals surface area contributed by atoms with Gasteiger partial charge >= 0.3 is 0 Å². The van der Waals surface area contributed by atoms with Crippen molar-refractivity contribution in [2.24, 2.45) is 10.9 Å². The van der Waals surface area contributed by atoms with Crippen LogP contribution in [-0.4, -0.2) is 11.0 Å². The molecule has 19 heavy (non-hydrogen) atoms. The van der Waals surface area contributed by atoms with Gasteiger partial charge in [0.1, 0.15) is 0 Å². The molecule has 0 atom stereocenters. The summed E-state index contributed by atoms with van der Waals surface area (Å²) in [4.78, 5) is 0. The Kier molecular flexibility index (Phi) is 4.53. The number of nitrogens with two attached hydrogens (primary N) is 1. The molecule has 0 unspecified atom stereocenters. The first-order valence-corrected chi connectivity index (χ1v) is 6.11. The number of nitrogens with zero attached hydrogens (tertiary/aromatic N) is 1. The molecule has 4 heteroatoms. The molecule has 2 aromatic carbocycles. The van der Waals surface area contributed by atoms with E-state index in [1.165, 1.54) is 5.56 Å². The van der Waals surface area contributed by atoms with Gasteiger partial charge in [-0.1, -0.05) is 59.8 Å². The van der Waals surface area contributed by atoms with E-state index in [2.05, 4.69) is 22.6 Å². The molecule has 0 saturated carbocycles. The van der Waals surface area contributed by atoms with E-state index in [1.807, 2.05) is 42.5 Å². The molecule has 98 valence electrons. The maximum atomic E-state index is 8.58. The Morgan fingerprint density at radius 3 is 2.11 bits per heavy atom. The van der Waals surface area contributed by atoms with Gasteiger partial charge in [-0.05, 0) is 11.1 Å². The Bertz CT molecular complexity index is 535. The van der Waals surface area contributed by atoms with Crippen LogP contribution in [0.2, 0.25) is 0 Å². The summed E-state index contributed by atoms with van der Waals surface area (Å²) in [6.07, 6.45) is 0. The van der Waals surface area contributed by atoms with Crippen LogP contribution in [0.5, 0.6) is 0 Å². The molecule has 4 nitrogen and oxygen atoms in total. The lowest BCUT2D eigenvalue weighted by Crippen LogP contribution is -2.14. The fraction of sp³-hybridized carbons (Fsp3) is 0.133. The van der Waals surface area contributed by atoms with Gasteiger partial charge in [0, 0.05) is 18.7 Å². The largest absolute Gasteiger partial charge is 0.409 e. The van der Waals surface area contributed by atoms with Gasteiger partial charge < -0.3 is 16.3 Å². The minimum absolute atomic E-state index is 0.129. The molecule has 0 amide bonds. The van der Waals surface area contributed by atoms with E-state index >= 15 is 0 Å². The average molecular weight is 255 g/mol. The van der Waals surface area contributed by atoms with Crippen molar-refractivity contribution in [3.8, 4) is 0 Å². The van der Waals surface area contributed by atoms with Crippen LogP contribution in [0.1, 0.15) is 16.7 Å². The molecule has 2 rings (SSSR count). The topological polar surface area (TPSA) is 70.6 Å². The minimum atomic E-state index is 0.129. The summed E-state index contributed by atoms with van der Waals surface area (Å²) < 4.78 is 0. The molecule has 0 aromatic heterocycles. The Labute approximate surface area is 112 Å². The predicted molar refractivity (Wildman–Crippen MR) is 75.9 cm³/mol.